The van der Waals surface area contributed by atoms with Crippen LogP contribution in [0.15, 0.2) is 53.3 Å². The molecule has 30 heavy (non-hydrogen) atoms. The standard InChI is InChI=1S/C24H23N3O2S/c1-14-9-10-18(13-15(14)2)20-16(3)30-23-21(20)24(29)27(12-11-19(25)28)22(26-23)17-7-5-4-6-8-17/h4-10,13H,11-12H2,1-3H3,(H2,25,28). The number of nitrogens with two attached hydrogens (primary N) is 1. The highest BCUT2D eigenvalue weighted by atomic mass is 32.1. The van der Waals surface area contributed by atoms with Gasteiger partial charge in [0.05, 0.1) is 5.39 Å². The first-order valence-electron chi connectivity index (χ1n) is 9.82. The van der Waals surface area contributed by atoms with Gasteiger partial charge < -0.3 is 5.73 Å². The zero-order valence-corrected chi connectivity index (χ0v) is 18.0. The van der Waals surface area contributed by atoms with Gasteiger partial charge in [0.2, 0.25) is 5.91 Å². The average molecular weight is 418 g/mol. The molecule has 2 aromatic carbocycles. The lowest BCUT2D eigenvalue weighted by atomic mass is 9.99. The Bertz CT molecular complexity index is 1320. The molecule has 2 aromatic heterocycles. The van der Waals surface area contributed by atoms with Crippen molar-refractivity contribution >= 4 is 27.5 Å². The number of amides is 1. The molecule has 2 N–H and O–H groups in total. The van der Waals surface area contributed by atoms with Crippen LogP contribution in [0.2, 0.25) is 0 Å². The van der Waals surface area contributed by atoms with Gasteiger partial charge >= 0.3 is 0 Å². The second-order valence-corrected chi connectivity index (χ2v) is 8.69. The molecule has 4 aromatic rings. The number of benzene rings is 2. The van der Waals surface area contributed by atoms with Crippen LogP contribution in [0.5, 0.6) is 0 Å². The molecule has 2 heterocycles. The Morgan fingerprint density at radius 2 is 1.77 bits per heavy atom. The van der Waals surface area contributed by atoms with Gasteiger partial charge in [-0.3, -0.25) is 14.2 Å². The van der Waals surface area contributed by atoms with Gasteiger partial charge in [0.15, 0.2) is 0 Å². The molecular formula is C24H23N3O2S. The highest BCUT2D eigenvalue weighted by Crippen LogP contribution is 2.37. The van der Waals surface area contributed by atoms with E-state index < -0.39 is 5.91 Å². The minimum Gasteiger partial charge on any atom is -0.370 e. The van der Waals surface area contributed by atoms with Crippen LogP contribution in [0.3, 0.4) is 0 Å². The van der Waals surface area contributed by atoms with E-state index in [9.17, 15) is 9.59 Å². The third-order valence-corrected chi connectivity index (χ3v) is 6.40. The molecule has 0 aliphatic carbocycles. The maximum Gasteiger partial charge on any atom is 0.263 e. The minimum atomic E-state index is -0.447. The highest BCUT2D eigenvalue weighted by Gasteiger charge is 2.21. The zero-order valence-electron chi connectivity index (χ0n) is 17.2. The van der Waals surface area contributed by atoms with Gasteiger partial charge in [0.25, 0.3) is 5.56 Å². The van der Waals surface area contributed by atoms with Crippen molar-refractivity contribution in [3.63, 3.8) is 0 Å². The van der Waals surface area contributed by atoms with Crippen LogP contribution >= 0.6 is 11.3 Å². The van der Waals surface area contributed by atoms with E-state index >= 15 is 0 Å². The summed E-state index contributed by atoms with van der Waals surface area (Å²) in [6.45, 7) is 6.36. The normalized spacial score (nSPS) is 11.2. The van der Waals surface area contributed by atoms with Gasteiger partial charge in [-0.2, -0.15) is 0 Å². The topological polar surface area (TPSA) is 78.0 Å². The second kappa shape index (κ2) is 7.88. The summed E-state index contributed by atoms with van der Waals surface area (Å²) in [5.41, 5.74) is 10.4. The molecule has 5 nitrogen and oxygen atoms in total. The molecule has 0 radical (unpaired) electrons. The Kier molecular flexibility index (Phi) is 5.26. The number of thiophene rings is 1. The lowest BCUT2D eigenvalue weighted by Crippen LogP contribution is -2.26. The fourth-order valence-corrected chi connectivity index (χ4v) is 4.71. The van der Waals surface area contributed by atoms with Crippen molar-refractivity contribution in [2.24, 2.45) is 5.73 Å². The van der Waals surface area contributed by atoms with Crippen LogP contribution in [0.25, 0.3) is 32.7 Å². The van der Waals surface area contributed by atoms with Crippen molar-refractivity contribution < 1.29 is 4.79 Å². The first-order valence-corrected chi connectivity index (χ1v) is 10.6. The predicted octanol–water partition coefficient (Wildman–Crippen LogP) is 4.59. The molecule has 1 amide bonds. The van der Waals surface area contributed by atoms with E-state index in [0.29, 0.717) is 16.0 Å². The highest BCUT2D eigenvalue weighted by molar-refractivity contribution is 7.19. The first kappa shape index (κ1) is 20.0. The zero-order chi connectivity index (χ0) is 21.4. The van der Waals surface area contributed by atoms with Gasteiger partial charge in [-0.1, -0.05) is 48.5 Å². The number of carbonyl (C=O) groups is 1. The second-order valence-electron chi connectivity index (χ2n) is 7.49. The van der Waals surface area contributed by atoms with Crippen LogP contribution < -0.4 is 11.3 Å². The van der Waals surface area contributed by atoms with Crippen molar-refractivity contribution in [1.29, 1.82) is 0 Å². The molecule has 0 unspecified atom stereocenters. The average Bonchev–Trinajstić information content (AvgIpc) is 3.06. The molecule has 0 aliphatic rings. The largest absolute Gasteiger partial charge is 0.370 e. The van der Waals surface area contributed by atoms with Crippen molar-refractivity contribution in [3.05, 3.63) is 74.9 Å². The van der Waals surface area contributed by atoms with E-state index in [1.165, 1.54) is 22.5 Å². The number of rotatable bonds is 5. The van der Waals surface area contributed by atoms with E-state index in [2.05, 4.69) is 32.0 Å². The predicted molar refractivity (Wildman–Crippen MR) is 123 cm³/mol. The van der Waals surface area contributed by atoms with Gasteiger partial charge in [0.1, 0.15) is 10.7 Å². The quantitative estimate of drug-likeness (QED) is 0.516. The Morgan fingerprint density at radius 3 is 2.43 bits per heavy atom. The number of nitrogens with zero attached hydrogens (tertiary/aromatic N) is 2. The number of aromatic nitrogens is 2. The monoisotopic (exact) mass is 417 g/mol. The third-order valence-electron chi connectivity index (χ3n) is 5.40. The fraction of sp³-hybridized carbons (Fsp3) is 0.208. The van der Waals surface area contributed by atoms with Gasteiger partial charge in [-0.05, 0) is 37.5 Å². The number of fused-ring (bicyclic) bond motifs is 1. The lowest BCUT2D eigenvalue weighted by Gasteiger charge is -2.13. The molecule has 0 saturated carbocycles. The molecule has 152 valence electrons. The van der Waals surface area contributed by atoms with Crippen LogP contribution in [-0.4, -0.2) is 15.5 Å². The molecular weight excluding hydrogens is 394 g/mol. The summed E-state index contributed by atoms with van der Waals surface area (Å²) in [6.07, 6.45) is 0.0784. The smallest absolute Gasteiger partial charge is 0.263 e. The Morgan fingerprint density at radius 1 is 1.03 bits per heavy atom. The molecule has 0 aliphatic heterocycles. The van der Waals surface area contributed by atoms with E-state index in [0.717, 1.165) is 21.6 Å². The Hall–Kier alpha value is -3.25. The third kappa shape index (κ3) is 3.55. The van der Waals surface area contributed by atoms with Crippen molar-refractivity contribution in [2.45, 2.75) is 33.7 Å². The maximum absolute atomic E-state index is 13.7. The summed E-state index contributed by atoms with van der Waals surface area (Å²) in [6, 6.07) is 15.8. The minimum absolute atomic E-state index is 0.0784. The van der Waals surface area contributed by atoms with Gasteiger partial charge in [0, 0.05) is 29.0 Å². The van der Waals surface area contributed by atoms with E-state index in [1.807, 2.05) is 37.3 Å². The number of primary amides is 1. The Balaban J connectivity index is 2.02. The summed E-state index contributed by atoms with van der Waals surface area (Å²) >= 11 is 1.52. The maximum atomic E-state index is 13.7. The van der Waals surface area contributed by atoms with Crippen LogP contribution in [0.4, 0.5) is 0 Å². The molecule has 6 heteroatoms. The summed E-state index contributed by atoms with van der Waals surface area (Å²) in [4.78, 5) is 31.7. The molecule has 0 fully saturated rings. The van der Waals surface area contributed by atoms with Crippen molar-refractivity contribution in [3.8, 4) is 22.5 Å². The molecule has 0 bridgehead atoms. The van der Waals surface area contributed by atoms with Crippen molar-refractivity contribution in [1.82, 2.24) is 9.55 Å². The van der Waals surface area contributed by atoms with Gasteiger partial charge in [-0.15, -0.1) is 11.3 Å². The fourth-order valence-electron chi connectivity index (χ4n) is 3.68. The van der Waals surface area contributed by atoms with Gasteiger partial charge in [-0.25, -0.2) is 4.98 Å². The van der Waals surface area contributed by atoms with Crippen molar-refractivity contribution in [2.75, 3.05) is 0 Å². The SMILES string of the molecule is Cc1ccc(-c2c(C)sc3nc(-c4ccccc4)n(CCC(N)=O)c(=O)c23)cc1C. The van der Waals surface area contributed by atoms with E-state index in [1.54, 1.807) is 4.57 Å². The number of hydrogen-bond donors (Lipinski definition) is 1. The summed E-state index contributed by atoms with van der Waals surface area (Å²) < 4.78 is 1.58. The molecule has 0 saturated heterocycles. The number of carbonyl (C=O) groups excluding carboxylic acids is 1. The van der Waals surface area contributed by atoms with E-state index in [-0.39, 0.29) is 18.5 Å². The summed E-state index contributed by atoms with van der Waals surface area (Å²) in [7, 11) is 0. The van der Waals surface area contributed by atoms with Crippen LogP contribution in [0.1, 0.15) is 22.4 Å². The van der Waals surface area contributed by atoms with E-state index in [4.69, 9.17) is 10.7 Å². The van der Waals surface area contributed by atoms with Crippen LogP contribution in [0, 0.1) is 20.8 Å². The first-order chi connectivity index (χ1) is 14.4. The van der Waals surface area contributed by atoms with Crippen LogP contribution in [-0.2, 0) is 11.3 Å². The number of aryl methyl sites for hydroxylation is 3. The lowest BCUT2D eigenvalue weighted by molar-refractivity contribution is -0.118. The summed E-state index contributed by atoms with van der Waals surface area (Å²) in [5, 5.41) is 0.602. The molecule has 0 atom stereocenters. The number of hydrogen-bond acceptors (Lipinski definition) is 4. The molecule has 0 spiro atoms. The molecule has 4 rings (SSSR count). The Labute approximate surface area is 178 Å². The summed E-state index contributed by atoms with van der Waals surface area (Å²) in [5.74, 6) is 0.110.